The highest BCUT2D eigenvalue weighted by atomic mass is 19.1. The molecule has 0 aliphatic heterocycles. The fourth-order valence-electron chi connectivity index (χ4n) is 2.49. The molecule has 0 radical (unpaired) electrons. The Kier molecular flexibility index (Phi) is 2.75. The molecule has 0 unspecified atom stereocenters. The van der Waals surface area contributed by atoms with Gasteiger partial charge in [-0.05, 0) is 29.8 Å². The van der Waals surface area contributed by atoms with Crippen molar-refractivity contribution in [3.05, 3.63) is 66.8 Å². The van der Waals surface area contributed by atoms with Gasteiger partial charge in [0.25, 0.3) is 0 Å². The van der Waals surface area contributed by atoms with E-state index in [1.807, 2.05) is 0 Å². The second kappa shape index (κ2) is 4.77. The van der Waals surface area contributed by atoms with E-state index in [4.69, 9.17) is 0 Å². The first-order chi connectivity index (χ1) is 10.7. The molecule has 1 N–H and O–H groups in total. The largest absolute Gasteiger partial charge is 0.342 e. The first kappa shape index (κ1) is 12.7. The van der Waals surface area contributed by atoms with E-state index < -0.39 is 11.6 Å². The fourth-order valence-corrected chi connectivity index (χ4v) is 2.49. The summed E-state index contributed by atoms with van der Waals surface area (Å²) in [5.41, 5.74) is 1.16. The molecule has 4 nitrogen and oxygen atoms in total. The van der Waals surface area contributed by atoms with Crippen LogP contribution >= 0.6 is 0 Å². The molecule has 108 valence electrons. The number of H-pyrrole nitrogens is 1. The molecule has 3 heterocycles. The van der Waals surface area contributed by atoms with Gasteiger partial charge in [0.05, 0.1) is 17.3 Å². The number of aromatic amines is 1. The summed E-state index contributed by atoms with van der Waals surface area (Å²) in [6.07, 6.45) is 6.71. The number of benzene rings is 1. The topological polar surface area (TPSA) is 46.0 Å². The molecule has 22 heavy (non-hydrogen) atoms. The number of hydrogen-bond donors (Lipinski definition) is 1. The monoisotopic (exact) mass is 296 g/mol. The third kappa shape index (κ3) is 1.88. The van der Waals surface area contributed by atoms with E-state index in [2.05, 4.69) is 15.0 Å². The molecule has 4 aromatic rings. The predicted octanol–water partition coefficient (Wildman–Crippen LogP) is 3.67. The van der Waals surface area contributed by atoms with E-state index in [0.29, 0.717) is 17.2 Å². The molecule has 0 bridgehead atoms. The van der Waals surface area contributed by atoms with Gasteiger partial charge in [-0.15, -0.1) is 0 Å². The maximum atomic E-state index is 13.9. The van der Waals surface area contributed by atoms with Crippen LogP contribution in [0.5, 0.6) is 0 Å². The molecule has 0 saturated carbocycles. The zero-order valence-electron chi connectivity index (χ0n) is 11.3. The van der Waals surface area contributed by atoms with Gasteiger partial charge in [0.15, 0.2) is 11.6 Å². The van der Waals surface area contributed by atoms with Crippen LogP contribution in [0.3, 0.4) is 0 Å². The zero-order valence-corrected chi connectivity index (χ0v) is 11.3. The van der Waals surface area contributed by atoms with Crippen LogP contribution in [-0.2, 0) is 0 Å². The number of fused-ring (bicyclic) bond motifs is 1. The third-order valence-electron chi connectivity index (χ3n) is 3.49. The number of imidazole rings is 2. The van der Waals surface area contributed by atoms with Crippen molar-refractivity contribution in [2.75, 3.05) is 0 Å². The third-order valence-corrected chi connectivity index (χ3v) is 3.49. The molecular weight excluding hydrogens is 286 g/mol. The van der Waals surface area contributed by atoms with Gasteiger partial charge in [-0.3, -0.25) is 4.40 Å². The summed E-state index contributed by atoms with van der Waals surface area (Å²) in [7, 11) is 0. The first-order valence-electron chi connectivity index (χ1n) is 6.65. The molecule has 0 spiro atoms. The highest BCUT2D eigenvalue weighted by Crippen LogP contribution is 2.28. The Bertz CT molecular complexity index is 937. The lowest BCUT2D eigenvalue weighted by Crippen LogP contribution is -1.93. The van der Waals surface area contributed by atoms with Crippen molar-refractivity contribution in [1.29, 1.82) is 0 Å². The quantitative estimate of drug-likeness (QED) is 0.613. The number of nitrogens with one attached hydrogen (secondary N) is 1. The van der Waals surface area contributed by atoms with Crippen molar-refractivity contribution in [1.82, 2.24) is 19.4 Å². The van der Waals surface area contributed by atoms with Crippen LogP contribution in [0.25, 0.3) is 28.3 Å². The lowest BCUT2D eigenvalue weighted by molar-refractivity contribution is 0.589. The van der Waals surface area contributed by atoms with Crippen LogP contribution < -0.4 is 0 Å². The Labute approximate surface area is 124 Å². The molecule has 6 heteroatoms. The maximum absolute atomic E-state index is 13.9. The molecule has 0 saturated heterocycles. The van der Waals surface area contributed by atoms with E-state index >= 15 is 0 Å². The molecule has 0 aliphatic carbocycles. The van der Waals surface area contributed by atoms with E-state index in [9.17, 15) is 8.78 Å². The smallest absolute Gasteiger partial charge is 0.180 e. The molecule has 1 aromatic carbocycles. The molecule has 0 atom stereocenters. The van der Waals surface area contributed by atoms with Gasteiger partial charge in [0.1, 0.15) is 11.6 Å². The second-order valence-electron chi connectivity index (χ2n) is 4.83. The van der Waals surface area contributed by atoms with Crippen molar-refractivity contribution in [2.24, 2.45) is 0 Å². The van der Waals surface area contributed by atoms with Crippen LogP contribution in [0.2, 0.25) is 0 Å². The summed E-state index contributed by atoms with van der Waals surface area (Å²) in [4.78, 5) is 11.4. The molecule has 4 rings (SSSR count). The van der Waals surface area contributed by atoms with Gasteiger partial charge in [-0.2, -0.15) is 0 Å². The van der Waals surface area contributed by atoms with Gasteiger partial charge in [-0.1, -0.05) is 6.07 Å². The Morgan fingerprint density at radius 2 is 1.86 bits per heavy atom. The Morgan fingerprint density at radius 1 is 1.05 bits per heavy atom. The Balaban J connectivity index is 1.90. The average molecular weight is 296 g/mol. The minimum absolute atomic E-state index is 0.0363. The molecule has 0 fully saturated rings. The minimum Gasteiger partial charge on any atom is -0.342 e. The molecule has 0 aliphatic rings. The summed E-state index contributed by atoms with van der Waals surface area (Å²) in [6.45, 7) is 0. The number of aromatic nitrogens is 4. The lowest BCUT2D eigenvalue weighted by Gasteiger charge is -2.06. The fraction of sp³-hybridized carbons (Fsp3) is 0. The highest BCUT2D eigenvalue weighted by molar-refractivity contribution is 5.71. The van der Waals surface area contributed by atoms with Gasteiger partial charge in [0, 0.05) is 18.6 Å². The Morgan fingerprint density at radius 3 is 2.59 bits per heavy atom. The zero-order chi connectivity index (χ0) is 15.1. The normalized spacial score (nSPS) is 11.2. The number of hydrogen-bond acceptors (Lipinski definition) is 2. The number of rotatable bonds is 2. The summed E-state index contributed by atoms with van der Waals surface area (Å²) >= 11 is 0. The van der Waals surface area contributed by atoms with Crippen LogP contribution in [-0.4, -0.2) is 19.4 Å². The molecule has 3 aromatic heterocycles. The van der Waals surface area contributed by atoms with Crippen molar-refractivity contribution >= 4 is 5.52 Å². The molecule has 0 amide bonds. The van der Waals surface area contributed by atoms with Crippen molar-refractivity contribution in [2.45, 2.75) is 0 Å². The second-order valence-corrected chi connectivity index (χ2v) is 4.83. The van der Waals surface area contributed by atoms with E-state index in [1.54, 1.807) is 41.3 Å². The Hall–Kier alpha value is -3.02. The summed E-state index contributed by atoms with van der Waals surface area (Å²) in [5, 5.41) is 0. The van der Waals surface area contributed by atoms with Crippen LogP contribution in [0.15, 0.2) is 55.1 Å². The summed E-state index contributed by atoms with van der Waals surface area (Å²) in [5.74, 6) is 0.0932. The predicted molar refractivity (Wildman–Crippen MR) is 78.1 cm³/mol. The lowest BCUT2D eigenvalue weighted by atomic mass is 10.1. The number of halogens is 2. The number of pyridine rings is 1. The van der Waals surface area contributed by atoms with Crippen LogP contribution in [0.4, 0.5) is 8.78 Å². The van der Waals surface area contributed by atoms with Crippen molar-refractivity contribution in [3.8, 4) is 22.8 Å². The van der Waals surface area contributed by atoms with E-state index in [-0.39, 0.29) is 5.56 Å². The van der Waals surface area contributed by atoms with Gasteiger partial charge < -0.3 is 4.98 Å². The van der Waals surface area contributed by atoms with Gasteiger partial charge >= 0.3 is 0 Å². The van der Waals surface area contributed by atoms with Crippen molar-refractivity contribution in [3.63, 3.8) is 0 Å². The first-order valence-corrected chi connectivity index (χ1v) is 6.65. The number of nitrogens with zero attached hydrogens (tertiary/aromatic N) is 3. The summed E-state index contributed by atoms with van der Waals surface area (Å²) < 4.78 is 29.6. The SMILES string of the molecule is Fc1cccc(F)c1-c1ccn2c(-c3ncc[nH]3)ncc2c1. The van der Waals surface area contributed by atoms with Crippen molar-refractivity contribution < 1.29 is 8.78 Å². The molecular formula is C16H10F2N4. The van der Waals surface area contributed by atoms with Crippen LogP contribution in [0, 0.1) is 11.6 Å². The van der Waals surface area contributed by atoms with E-state index in [0.717, 1.165) is 5.52 Å². The average Bonchev–Trinajstić information content (AvgIpc) is 3.15. The van der Waals surface area contributed by atoms with Gasteiger partial charge in [-0.25, -0.2) is 18.7 Å². The summed E-state index contributed by atoms with van der Waals surface area (Å²) in [6, 6.07) is 7.19. The minimum atomic E-state index is -0.588. The van der Waals surface area contributed by atoms with Gasteiger partial charge in [0.2, 0.25) is 0 Å². The highest BCUT2D eigenvalue weighted by Gasteiger charge is 2.13. The van der Waals surface area contributed by atoms with Crippen LogP contribution in [0.1, 0.15) is 0 Å². The standard InChI is InChI=1S/C16H10F2N4/c17-12-2-1-3-13(18)14(12)10-4-7-22-11(8-10)9-21-16(22)15-19-5-6-20-15/h1-9H,(H,19,20). The maximum Gasteiger partial charge on any atom is 0.180 e. The van der Waals surface area contributed by atoms with E-state index in [1.165, 1.54) is 18.2 Å².